The van der Waals surface area contributed by atoms with Crippen molar-refractivity contribution in [2.75, 3.05) is 25.8 Å². The molecule has 1 N–H and O–H groups in total. The molecule has 0 fully saturated rings. The number of hydrogen-bond donors (Lipinski definition) is 1. The summed E-state index contributed by atoms with van der Waals surface area (Å²) in [7, 11) is 3.18. The molecule has 178 valence electrons. The third-order valence-electron chi connectivity index (χ3n) is 6.30. The number of urea groups is 1. The molecule has 0 aliphatic carbocycles. The van der Waals surface area contributed by atoms with Gasteiger partial charge in [-0.2, -0.15) is 0 Å². The van der Waals surface area contributed by atoms with Gasteiger partial charge in [-0.3, -0.25) is 0 Å². The fourth-order valence-electron chi connectivity index (χ4n) is 4.58. The number of nitrogens with one attached hydrogen (secondary N) is 1. The van der Waals surface area contributed by atoms with E-state index in [1.807, 2.05) is 23.1 Å². The maximum absolute atomic E-state index is 13.9. The molecule has 3 aromatic carbocycles. The average Bonchev–Trinajstić information content (AvgIpc) is 3.33. The smallest absolute Gasteiger partial charge is 0.323 e. The lowest BCUT2D eigenvalue weighted by Gasteiger charge is -2.31. The zero-order valence-corrected chi connectivity index (χ0v) is 20.7. The van der Waals surface area contributed by atoms with Gasteiger partial charge >= 0.3 is 6.03 Å². The lowest BCUT2D eigenvalue weighted by Crippen LogP contribution is -2.38. The molecule has 6 nitrogen and oxygen atoms in total. The lowest BCUT2D eigenvalue weighted by atomic mass is 10.0. The number of carbonyl (C=O) groups is 1. The summed E-state index contributed by atoms with van der Waals surface area (Å²) in [5.74, 6) is 1.21. The predicted molar refractivity (Wildman–Crippen MR) is 140 cm³/mol. The first kappa shape index (κ1) is 22.9. The molecule has 2 heterocycles. The monoisotopic (exact) mass is 485 g/mol. The van der Waals surface area contributed by atoms with E-state index in [-0.39, 0.29) is 12.1 Å². The first-order valence-electron chi connectivity index (χ1n) is 11.3. The molecule has 2 amide bonds. The van der Waals surface area contributed by atoms with E-state index >= 15 is 0 Å². The van der Waals surface area contributed by atoms with E-state index in [4.69, 9.17) is 9.47 Å². The Morgan fingerprint density at radius 2 is 1.77 bits per heavy atom. The minimum absolute atomic E-state index is 0.222. The van der Waals surface area contributed by atoms with Crippen molar-refractivity contribution in [1.82, 2.24) is 9.47 Å². The summed E-state index contributed by atoms with van der Waals surface area (Å²) in [6.07, 6.45) is 4.12. The van der Waals surface area contributed by atoms with Gasteiger partial charge < -0.3 is 24.3 Å². The van der Waals surface area contributed by atoms with Crippen LogP contribution in [0.1, 0.15) is 22.9 Å². The Balaban J connectivity index is 1.61. The van der Waals surface area contributed by atoms with Gasteiger partial charge in [0.1, 0.15) is 11.5 Å². The van der Waals surface area contributed by atoms with Crippen LogP contribution in [0.15, 0.2) is 90.0 Å². The van der Waals surface area contributed by atoms with Gasteiger partial charge in [0.05, 0.1) is 38.2 Å². The summed E-state index contributed by atoms with van der Waals surface area (Å²) >= 11 is 1.70. The third kappa shape index (κ3) is 4.35. The number of amides is 2. The Kier molecular flexibility index (Phi) is 6.42. The fourth-order valence-corrected chi connectivity index (χ4v) is 4.98. The van der Waals surface area contributed by atoms with Gasteiger partial charge in [0, 0.05) is 22.9 Å². The van der Waals surface area contributed by atoms with Crippen molar-refractivity contribution < 1.29 is 14.3 Å². The van der Waals surface area contributed by atoms with E-state index in [1.54, 1.807) is 44.2 Å². The van der Waals surface area contributed by atoms with Crippen LogP contribution in [0.4, 0.5) is 10.5 Å². The number of para-hydroxylation sites is 1. The summed E-state index contributed by atoms with van der Waals surface area (Å²) in [5, 5.41) is 3.08. The Hall–Kier alpha value is -3.84. The number of anilines is 1. The van der Waals surface area contributed by atoms with Crippen LogP contribution in [0.5, 0.6) is 11.5 Å². The van der Waals surface area contributed by atoms with Gasteiger partial charge in [-0.1, -0.05) is 30.3 Å². The zero-order valence-electron chi connectivity index (χ0n) is 19.9. The topological polar surface area (TPSA) is 55.7 Å². The number of aromatic nitrogens is 1. The third-order valence-corrected chi connectivity index (χ3v) is 7.05. The van der Waals surface area contributed by atoms with E-state index in [9.17, 15) is 4.79 Å². The number of ether oxygens (including phenoxy) is 2. The maximum Gasteiger partial charge on any atom is 0.323 e. The SMILES string of the molecule is COc1ccc(OC)c(NC(=O)N2Cc3ccccc3-n3cccc3C2c2ccc(SC)cc2)c1. The predicted octanol–water partition coefficient (Wildman–Crippen LogP) is 6.35. The molecule has 0 saturated carbocycles. The van der Waals surface area contributed by atoms with Crippen molar-refractivity contribution in [3.8, 4) is 17.2 Å². The van der Waals surface area contributed by atoms with Crippen LogP contribution in [0, 0.1) is 0 Å². The van der Waals surface area contributed by atoms with Gasteiger partial charge in [0.15, 0.2) is 0 Å². The number of nitrogens with zero attached hydrogens (tertiary/aromatic N) is 2. The van der Waals surface area contributed by atoms with Crippen LogP contribution >= 0.6 is 11.8 Å². The highest BCUT2D eigenvalue weighted by molar-refractivity contribution is 7.98. The van der Waals surface area contributed by atoms with Crippen molar-refractivity contribution in [3.63, 3.8) is 0 Å². The second kappa shape index (κ2) is 9.80. The molecule has 0 spiro atoms. The number of carbonyl (C=O) groups excluding carboxylic acids is 1. The molecule has 5 rings (SSSR count). The lowest BCUT2D eigenvalue weighted by molar-refractivity contribution is 0.194. The minimum atomic E-state index is -0.287. The Morgan fingerprint density at radius 1 is 0.971 bits per heavy atom. The average molecular weight is 486 g/mol. The Labute approximate surface area is 209 Å². The van der Waals surface area contributed by atoms with Crippen LogP contribution < -0.4 is 14.8 Å². The second-order valence-electron chi connectivity index (χ2n) is 8.23. The maximum atomic E-state index is 13.9. The van der Waals surface area contributed by atoms with Crippen LogP contribution in [0.25, 0.3) is 5.69 Å². The Bertz CT molecular complexity index is 1350. The van der Waals surface area contributed by atoms with Crippen molar-refractivity contribution >= 4 is 23.5 Å². The molecule has 0 bridgehead atoms. The molecule has 1 aromatic heterocycles. The van der Waals surface area contributed by atoms with Gasteiger partial charge in [-0.15, -0.1) is 11.8 Å². The van der Waals surface area contributed by atoms with Gasteiger partial charge in [-0.05, 0) is 59.8 Å². The zero-order chi connectivity index (χ0) is 24.4. The van der Waals surface area contributed by atoms with Crippen molar-refractivity contribution in [2.45, 2.75) is 17.5 Å². The highest BCUT2D eigenvalue weighted by Crippen LogP contribution is 2.38. The summed E-state index contributed by atoms with van der Waals surface area (Å²) in [5.41, 5.74) is 4.78. The van der Waals surface area contributed by atoms with Gasteiger partial charge in [-0.25, -0.2) is 4.79 Å². The second-order valence-corrected chi connectivity index (χ2v) is 9.11. The Morgan fingerprint density at radius 3 is 2.51 bits per heavy atom. The first-order valence-corrected chi connectivity index (χ1v) is 12.5. The molecule has 1 atom stereocenters. The summed E-state index contributed by atoms with van der Waals surface area (Å²) in [6.45, 7) is 0.449. The molecule has 0 saturated heterocycles. The number of rotatable bonds is 5. The van der Waals surface area contributed by atoms with Gasteiger partial charge in [0.25, 0.3) is 0 Å². The number of methoxy groups -OCH3 is 2. The fraction of sp³-hybridized carbons (Fsp3) is 0.179. The minimum Gasteiger partial charge on any atom is -0.497 e. The van der Waals surface area contributed by atoms with Crippen molar-refractivity contribution in [1.29, 1.82) is 0 Å². The normalized spacial score (nSPS) is 14.5. The van der Waals surface area contributed by atoms with Crippen molar-refractivity contribution in [3.05, 3.63) is 102 Å². The molecule has 1 unspecified atom stereocenters. The molecule has 7 heteroatoms. The van der Waals surface area contributed by atoms with E-state index in [2.05, 4.69) is 64.8 Å². The molecule has 4 aromatic rings. The summed E-state index contributed by atoms with van der Waals surface area (Å²) in [6, 6.07) is 25.6. The largest absolute Gasteiger partial charge is 0.497 e. The number of fused-ring (bicyclic) bond motifs is 3. The quantitative estimate of drug-likeness (QED) is 0.335. The molecular formula is C28H27N3O3S. The van der Waals surface area contributed by atoms with Crippen molar-refractivity contribution in [2.24, 2.45) is 0 Å². The van der Waals surface area contributed by atoms with Crippen LogP contribution in [0.2, 0.25) is 0 Å². The number of benzene rings is 3. The highest BCUT2D eigenvalue weighted by Gasteiger charge is 2.33. The van der Waals surface area contributed by atoms with Gasteiger partial charge in [0.2, 0.25) is 0 Å². The molecule has 1 aliphatic rings. The number of hydrogen-bond acceptors (Lipinski definition) is 4. The summed E-state index contributed by atoms with van der Waals surface area (Å²) in [4.78, 5) is 17.0. The van der Waals surface area contributed by atoms with Crippen LogP contribution in [-0.2, 0) is 6.54 Å². The number of thioether (sulfide) groups is 1. The first-order chi connectivity index (χ1) is 17.1. The van der Waals surface area contributed by atoms with Crippen LogP contribution in [0.3, 0.4) is 0 Å². The standard InChI is InChI=1S/C28H27N3O3S/c1-33-21-12-15-26(34-2)23(17-21)29-28(32)31-18-20-7-4-5-8-24(20)30-16-6-9-25(30)27(31)19-10-13-22(35-3)14-11-19/h4-17,27H,18H2,1-3H3,(H,29,32). The molecular weight excluding hydrogens is 458 g/mol. The van der Waals surface area contributed by atoms with Crippen LogP contribution in [-0.4, -0.2) is 36.0 Å². The molecule has 1 aliphatic heterocycles. The molecule has 0 radical (unpaired) electrons. The van der Waals surface area contributed by atoms with E-state index in [0.29, 0.717) is 23.7 Å². The molecule has 35 heavy (non-hydrogen) atoms. The van der Waals surface area contributed by atoms with E-state index < -0.39 is 0 Å². The van der Waals surface area contributed by atoms with E-state index in [1.165, 1.54) is 4.90 Å². The highest BCUT2D eigenvalue weighted by atomic mass is 32.2. The van der Waals surface area contributed by atoms with E-state index in [0.717, 1.165) is 22.5 Å². The summed E-state index contributed by atoms with van der Waals surface area (Å²) < 4.78 is 13.1.